The lowest BCUT2D eigenvalue weighted by Crippen LogP contribution is -2.51. The lowest BCUT2D eigenvalue weighted by Gasteiger charge is -2.34. The van der Waals surface area contributed by atoms with Crippen molar-refractivity contribution < 1.29 is 27.6 Å². The minimum absolute atomic E-state index is 0.122. The Balaban J connectivity index is 1.90. The molecule has 2 aliphatic heterocycles. The van der Waals surface area contributed by atoms with Crippen LogP contribution in [0.25, 0.3) is 5.57 Å². The highest BCUT2D eigenvalue weighted by Crippen LogP contribution is 2.51. The number of anilines is 1. The quantitative estimate of drug-likeness (QED) is 0.673. The Morgan fingerprint density at radius 2 is 1.84 bits per heavy atom. The maximum absolute atomic E-state index is 13.2. The van der Waals surface area contributed by atoms with Gasteiger partial charge in [0.2, 0.25) is 11.8 Å². The van der Waals surface area contributed by atoms with E-state index in [9.17, 15) is 27.6 Å². The van der Waals surface area contributed by atoms with Crippen LogP contribution in [0.4, 0.5) is 18.9 Å². The lowest BCUT2D eigenvalue weighted by atomic mass is 9.76. The molecule has 3 atom stereocenters. The topological polar surface area (TPSA) is 57.7 Å². The summed E-state index contributed by atoms with van der Waals surface area (Å²) in [4.78, 5) is 38.5. The molecule has 1 unspecified atom stereocenters. The molecule has 1 aromatic rings. The number of fused-ring (bicyclic) bond motifs is 5. The standard InChI is InChI=1S/C17H13F3N2O3/c1-21-14(23)10-7-6-9-8-4-2-3-5-11(8)22(16(25)17(18,19)20)13(9)12(10)15(21)24/h2-6,10,12-13H,7H2,1H3/t10-,12-,13?/m0/s1. The molecule has 1 saturated heterocycles. The molecule has 1 aliphatic carbocycles. The van der Waals surface area contributed by atoms with Gasteiger partial charge in [-0.25, -0.2) is 0 Å². The normalized spacial score (nSPS) is 27.8. The van der Waals surface area contributed by atoms with Crippen LogP contribution >= 0.6 is 0 Å². The Bertz CT molecular complexity index is 846. The first-order chi connectivity index (χ1) is 11.7. The molecule has 0 radical (unpaired) electrons. The van der Waals surface area contributed by atoms with Crippen LogP contribution < -0.4 is 4.90 Å². The number of carbonyl (C=O) groups excluding carboxylic acids is 3. The van der Waals surface area contributed by atoms with Gasteiger partial charge >= 0.3 is 12.1 Å². The first-order valence-electron chi connectivity index (χ1n) is 7.74. The Labute approximate surface area is 140 Å². The first-order valence-corrected chi connectivity index (χ1v) is 7.74. The van der Waals surface area contributed by atoms with E-state index >= 15 is 0 Å². The molecule has 3 aliphatic rings. The summed E-state index contributed by atoms with van der Waals surface area (Å²) in [5, 5.41) is 0. The number of benzene rings is 1. The number of imide groups is 1. The highest BCUT2D eigenvalue weighted by molar-refractivity contribution is 6.12. The summed E-state index contributed by atoms with van der Waals surface area (Å²) in [5.74, 6) is -4.71. The molecular weight excluding hydrogens is 337 g/mol. The third kappa shape index (κ3) is 1.99. The van der Waals surface area contributed by atoms with Crippen molar-refractivity contribution in [1.82, 2.24) is 4.90 Å². The summed E-state index contributed by atoms with van der Waals surface area (Å²) in [7, 11) is 1.32. The average Bonchev–Trinajstić information content (AvgIpc) is 3.01. The number of likely N-dealkylation sites (tertiary alicyclic amines) is 1. The van der Waals surface area contributed by atoms with E-state index in [4.69, 9.17) is 0 Å². The molecule has 1 aromatic carbocycles. The summed E-state index contributed by atoms with van der Waals surface area (Å²) in [6.07, 6.45) is -3.13. The average molecular weight is 350 g/mol. The van der Waals surface area contributed by atoms with Crippen molar-refractivity contribution in [3.63, 3.8) is 0 Å². The van der Waals surface area contributed by atoms with Gasteiger partial charge in [-0.05, 0) is 18.1 Å². The van der Waals surface area contributed by atoms with Crippen molar-refractivity contribution in [2.75, 3.05) is 11.9 Å². The second kappa shape index (κ2) is 4.93. The Morgan fingerprint density at radius 3 is 2.52 bits per heavy atom. The van der Waals surface area contributed by atoms with Gasteiger partial charge < -0.3 is 0 Å². The molecule has 5 nitrogen and oxygen atoms in total. The number of alkyl halides is 3. The van der Waals surface area contributed by atoms with Crippen LogP contribution in [-0.4, -0.2) is 41.9 Å². The van der Waals surface area contributed by atoms with Crippen LogP contribution in [0.2, 0.25) is 0 Å². The van der Waals surface area contributed by atoms with Crippen LogP contribution in [0.15, 0.2) is 30.3 Å². The van der Waals surface area contributed by atoms with Gasteiger partial charge in [-0.15, -0.1) is 0 Å². The molecule has 3 amide bonds. The smallest absolute Gasteiger partial charge is 0.296 e. The monoisotopic (exact) mass is 350 g/mol. The van der Waals surface area contributed by atoms with E-state index in [1.807, 2.05) is 0 Å². The number of halogens is 3. The summed E-state index contributed by atoms with van der Waals surface area (Å²) < 4.78 is 39.5. The van der Waals surface area contributed by atoms with Gasteiger partial charge in [-0.1, -0.05) is 24.3 Å². The van der Waals surface area contributed by atoms with Gasteiger partial charge in [0.1, 0.15) is 0 Å². The molecular formula is C17H13F3N2O3. The van der Waals surface area contributed by atoms with Crippen molar-refractivity contribution in [1.29, 1.82) is 0 Å². The molecule has 0 N–H and O–H groups in total. The Hall–Kier alpha value is -2.64. The fourth-order valence-electron chi connectivity index (χ4n) is 4.10. The largest absolute Gasteiger partial charge is 0.471 e. The number of allylic oxidation sites excluding steroid dienone is 1. The van der Waals surface area contributed by atoms with E-state index in [-0.39, 0.29) is 12.1 Å². The fraction of sp³-hybridized carbons (Fsp3) is 0.353. The van der Waals surface area contributed by atoms with Gasteiger partial charge in [0.25, 0.3) is 0 Å². The van der Waals surface area contributed by atoms with Gasteiger partial charge in [-0.3, -0.25) is 24.2 Å². The predicted octanol–water partition coefficient (Wildman–Crippen LogP) is 1.98. The maximum Gasteiger partial charge on any atom is 0.471 e. The zero-order valence-corrected chi connectivity index (χ0v) is 13.1. The number of rotatable bonds is 0. The van der Waals surface area contributed by atoms with E-state index in [2.05, 4.69) is 0 Å². The van der Waals surface area contributed by atoms with Gasteiger partial charge in [0.15, 0.2) is 0 Å². The van der Waals surface area contributed by atoms with E-state index in [1.165, 1.54) is 13.1 Å². The molecule has 25 heavy (non-hydrogen) atoms. The fourth-order valence-corrected chi connectivity index (χ4v) is 4.10. The SMILES string of the molecule is CN1C(=O)[C@H]2CC=C3c4ccccc4N(C(=O)C(F)(F)F)C3[C@H]2C1=O. The summed E-state index contributed by atoms with van der Waals surface area (Å²) in [6, 6.07) is 5.16. The molecule has 0 spiro atoms. The van der Waals surface area contributed by atoms with E-state index < -0.39 is 41.8 Å². The summed E-state index contributed by atoms with van der Waals surface area (Å²) in [6.45, 7) is 0. The van der Waals surface area contributed by atoms with Crippen molar-refractivity contribution in [2.24, 2.45) is 11.8 Å². The third-order valence-corrected chi connectivity index (χ3v) is 5.16. The van der Waals surface area contributed by atoms with Crippen LogP contribution in [0, 0.1) is 11.8 Å². The molecule has 2 heterocycles. The molecule has 1 fully saturated rings. The summed E-state index contributed by atoms with van der Waals surface area (Å²) >= 11 is 0. The number of carbonyl (C=O) groups is 3. The summed E-state index contributed by atoms with van der Waals surface area (Å²) in [5.41, 5.74) is 1.13. The molecule has 4 rings (SSSR count). The number of para-hydroxylation sites is 1. The van der Waals surface area contributed by atoms with Crippen molar-refractivity contribution >= 4 is 29.0 Å². The highest BCUT2D eigenvalue weighted by Gasteiger charge is 2.59. The maximum atomic E-state index is 13.2. The van der Waals surface area contributed by atoms with Crippen LogP contribution in [-0.2, 0) is 14.4 Å². The minimum Gasteiger partial charge on any atom is -0.296 e. The van der Waals surface area contributed by atoms with E-state index in [0.29, 0.717) is 16.0 Å². The molecule has 0 aromatic heterocycles. The van der Waals surface area contributed by atoms with Crippen LogP contribution in [0.5, 0.6) is 0 Å². The number of nitrogens with zero attached hydrogens (tertiary/aromatic N) is 2. The van der Waals surface area contributed by atoms with Crippen molar-refractivity contribution in [3.05, 3.63) is 35.9 Å². The molecule has 0 bridgehead atoms. The predicted molar refractivity (Wildman–Crippen MR) is 81.1 cm³/mol. The van der Waals surface area contributed by atoms with E-state index in [0.717, 1.165) is 4.90 Å². The first kappa shape index (κ1) is 15.9. The zero-order chi connectivity index (χ0) is 18.1. The molecule has 130 valence electrons. The van der Waals surface area contributed by atoms with Crippen molar-refractivity contribution in [3.8, 4) is 0 Å². The van der Waals surface area contributed by atoms with Gasteiger partial charge in [-0.2, -0.15) is 13.2 Å². The highest BCUT2D eigenvalue weighted by atomic mass is 19.4. The third-order valence-electron chi connectivity index (χ3n) is 5.16. The van der Waals surface area contributed by atoms with Crippen LogP contribution in [0.1, 0.15) is 12.0 Å². The Morgan fingerprint density at radius 1 is 1.16 bits per heavy atom. The van der Waals surface area contributed by atoms with Gasteiger partial charge in [0.05, 0.1) is 23.6 Å². The lowest BCUT2D eigenvalue weighted by molar-refractivity contribution is -0.171. The van der Waals surface area contributed by atoms with Gasteiger partial charge in [0, 0.05) is 12.6 Å². The molecule has 0 saturated carbocycles. The number of amides is 3. The molecule has 8 heteroatoms. The van der Waals surface area contributed by atoms with Crippen LogP contribution in [0.3, 0.4) is 0 Å². The number of hydrogen-bond acceptors (Lipinski definition) is 3. The minimum atomic E-state index is -5.08. The second-order valence-electron chi connectivity index (χ2n) is 6.40. The number of hydrogen-bond donors (Lipinski definition) is 0. The second-order valence-corrected chi connectivity index (χ2v) is 6.40. The Kier molecular flexibility index (Phi) is 3.13. The van der Waals surface area contributed by atoms with E-state index in [1.54, 1.807) is 24.3 Å². The van der Waals surface area contributed by atoms with Crippen molar-refractivity contribution in [2.45, 2.75) is 18.6 Å². The zero-order valence-electron chi connectivity index (χ0n) is 13.1.